The number of rotatable bonds is 6. The maximum absolute atomic E-state index is 4.17. The number of aromatic nitrogens is 2. The number of nitrogens with zero attached hydrogens (tertiary/aromatic N) is 2. The fourth-order valence-electron chi connectivity index (χ4n) is 2.94. The van der Waals surface area contributed by atoms with Gasteiger partial charge in [-0.25, -0.2) is 4.98 Å². The first-order chi connectivity index (χ1) is 11.2. The molecule has 1 aliphatic rings. The van der Waals surface area contributed by atoms with Gasteiger partial charge in [0.25, 0.3) is 0 Å². The predicted octanol–water partition coefficient (Wildman–Crippen LogP) is 4.89. The zero-order chi connectivity index (χ0) is 16.1. The van der Waals surface area contributed by atoms with Gasteiger partial charge >= 0.3 is 0 Å². The van der Waals surface area contributed by atoms with Crippen LogP contribution in [0.3, 0.4) is 0 Å². The van der Waals surface area contributed by atoms with E-state index in [0.717, 1.165) is 25.3 Å². The Labute approximate surface area is 148 Å². The van der Waals surface area contributed by atoms with Crippen molar-refractivity contribution in [3.63, 3.8) is 0 Å². The van der Waals surface area contributed by atoms with Crippen LogP contribution < -0.4 is 0 Å². The van der Waals surface area contributed by atoms with Crippen molar-refractivity contribution in [2.75, 3.05) is 11.5 Å². The molecule has 0 unspecified atom stereocenters. The van der Waals surface area contributed by atoms with E-state index in [-0.39, 0.29) is 0 Å². The lowest BCUT2D eigenvalue weighted by atomic mass is 10.0. The van der Waals surface area contributed by atoms with Crippen molar-refractivity contribution >= 4 is 23.5 Å². The molecule has 0 spiro atoms. The van der Waals surface area contributed by atoms with Crippen molar-refractivity contribution in [3.05, 3.63) is 54.1 Å². The number of hydrogen-bond donors (Lipinski definition) is 0. The molecule has 1 fully saturated rings. The largest absolute Gasteiger partial charge is 0.337 e. The molecule has 0 bridgehead atoms. The van der Waals surface area contributed by atoms with Crippen LogP contribution in [0, 0.1) is 5.92 Å². The van der Waals surface area contributed by atoms with Crippen molar-refractivity contribution in [2.45, 2.75) is 43.7 Å². The van der Waals surface area contributed by atoms with Crippen LogP contribution in [0.1, 0.15) is 31.4 Å². The second-order valence-electron chi connectivity index (χ2n) is 6.54. The number of benzene rings is 1. The standard InChI is InChI=1S/C19H26N2S2/c1-3-17-4-6-18(7-5-17)12-19(22-13-16(2)14-23-19)8-10-21-11-9-20-15-21/h4-7,9,11,15-16H,3,8,10,12-14H2,1-2H3. The summed E-state index contributed by atoms with van der Waals surface area (Å²) >= 11 is 4.35. The average Bonchev–Trinajstić information content (AvgIpc) is 3.10. The Morgan fingerprint density at radius 1 is 1.17 bits per heavy atom. The summed E-state index contributed by atoms with van der Waals surface area (Å²) in [5.41, 5.74) is 2.90. The Morgan fingerprint density at radius 2 is 1.87 bits per heavy atom. The van der Waals surface area contributed by atoms with Gasteiger partial charge in [0, 0.05) is 18.9 Å². The first kappa shape index (κ1) is 17.0. The van der Waals surface area contributed by atoms with Crippen LogP contribution in [-0.2, 0) is 19.4 Å². The fourth-order valence-corrected chi connectivity index (χ4v) is 6.25. The normalized spacial score (nSPS) is 24.7. The van der Waals surface area contributed by atoms with Gasteiger partial charge in [0.1, 0.15) is 0 Å². The highest BCUT2D eigenvalue weighted by molar-refractivity contribution is 8.18. The average molecular weight is 347 g/mol. The molecule has 1 saturated heterocycles. The first-order valence-electron chi connectivity index (χ1n) is 8.50. The summed E-state index contributed by atoms with van der Waals surface area (Å²) in [5, 5.41) is 0. The molecule has 0 atom stereocenters. The summed E-state index contributed by atoms with van der Waals surface area (Å²) in [5.74, 6) is 3.39. The van der Waals surface area contributed by atoms with Gasteiger partial charge in [0.05, 0.1) is 10.4 Å². The van der Waals surface area contributed by atoms with Crippen LogP contribution in [0.25, 0.3) is 0 Å². The topological polar surface area (TPSA) is 17.8 Å². The Morgan fingerprint density at radius 3 is 2.48 bits per heavy atom. The summed E-state index contributed by atoms with van der Waals surface area (Å²) in [6, 6.07) is 9.24. The molecule has 1 aromatic carbocycles. The van der Waals surface area contributed by atoms with Gasteiger partial charge in [-0.05, 0) is 47.8 Å². The van der Waals surface area contributed by atoms with Gasteiger partial charge in [-0.3, -0.25) is 0 Å². The maximum atomic E-state index is 4.17. The van der Waals surface area contributed by atoms with Crippen LogP contribution in [-0.4, -0.2) is 25.1 Å². The first-order valence-corrected chi connectivity index (χ1v) is 10.5. The van der Waals surface area contributed by atoms with E-state index in [1.807, 2.05) is 12.5 Å². The second-order valence-corrected chi connectivity index (χ2v) is 9.60. The van der Waals surface area contributed by atoms with E-state index in [9.17, 15) is 0 Å². The van der Waals surface area contributed by atoms with E-state index < -0.39 is 0 Å². The van der Waals surface area contributed by atoms with E-state index in [1.54, 1.807) is 0 Å². The zero-order valence-corrected chi connectivity index (χ0v) is 15.7. The van der Waals surface area contributed by atoms with Crippen molar-refractivity contribution in [3.8, 4) is 0 Å². The van der Waals surface area contributed by atoms with Crippen LogP contribution >= 0.6 is 23.5 Å². The molecule has 3 rings (SSSR count). The third-order valence-electron chi connectivity index (χ3n) is 4.48. The summed E-state index contributed by atoms with van der Waals surface area (Å²) in [6.45, 7) is 5.65. The third kappa shape index (κ3) is 4.57. The summed E-state index contributed by atoms with van der Waals surface area (Å²) in [7, 11) is 0. The van der Waals surface area contributed by atoms with Gasteiger partial charge in [0.15, 0.2) is 0 Å². The molecule has 0 amide bonds. The van der Waals surface area contributed by atoms with Crippen molar-refractivity contribution in [2.24, 2.45) is 5.92 Å². The van der Waals surface area contributed by atoms with Crippen molar-refractivity contribution in [1.29, 1.82) is 0 Å². The van der Waals surface area contributed by atoms with Gasteiger partial charge in [-0.2, -0.15) is 0 Å². The van der Waals surface area contributed by atoms with Crippen LogP contribution in [0.2, 0.25) is 0 Å². The number of thioether (sulfide) groups is 2. The van der Waals surface area contributed by atoms with E-state index in [1.165, 1.54) is 29.1 Å². The van der Waals surface area contributed by atoms with Crippen molar-refractivity contribution in [1.82, 2.24) is 9.55 Å². The lowest BCUT2D eigenvalue weighted by Crippen LogP contribution is -2.32. The molecule has 1 aliphatic heterocycles. The highest BCUT2D eigenvalue weighted by Gasteiger charge is 2.35. The van der Waals surface area contributed by atoms with Gasteiger partial charge < -0.3 is 4.57 Å². The second kappa shape index (κ2) is 7.80. The van der Waals surface area contributed by atoms with Crippen molar-refractivity contribution < 1.29 is 0 Å². The van der Waals surface area contributed by atoms with Crippen LogP contribution in [0.5, 0.6) is 0 Å². The minimum atomic E-state index is 0.310. The van der Waals surface area contributed by atoms with E-state index >= 15 is 0 Å². The highest BCUT2D eigenvalue weighted by atomic mass is 32.2. The molecular formula is C19H26N2S2. The number of hydrogen-bond acceptors (Lipinski definition) is 3. The van der Waals surface area contributed by atoms with E-state index in [2.05, 4.69) is 77.4 Å². The number of aryl methyl sites for hydroxylation is 2. The van der Waals surface area contributed by atoms with Gasteiger partial charge in [0.2, 0.25) is 0 Å². The molecule has 2 nitrogen and oxygen atoms in total. The molecule has 0 radical (unpaired) electrons. The van der Waals surface area contributed by atoms with Gasteiger partial charge in [-0.15, -0.1) is 23.5 Å². The lowest BCUT2D eigenvalue weighted by molar-refractivity contribution is 0.586. The van der Waals surface area contributed by atoms with Crippen LogP contribution in [0.15, 0.2) is 43.0 Å². The molecular weight excluding hydrogens is 320 g/mol. The summed E-state index contributed by atoms with van der Waals surface area (Å²) in [6.07, 6.45) is 9.36. The molecule has 0 saturated carbocycles. The predicted molar refractivity (Wildman–Crippen MR) is 103 cm³/mol. The smallest absolute Gasteiger partial charge is 0.0945 e. The quantitative estimate of drug-likeness (QED) is 0.741. The zero-order valence-electron chi connectivity index (χ0n) is 14.1. The molecule has 124 valence electrons. The molecule has 1 aromatic heterocycles. The summed E-state index contributed by atoms with van der Waals surface area (Å²) < 4.78 is 2.52. The molecule has 4 heteroatoms. The van der Waals surface area contributed by atoms with Crippen LogP contribution in [0.4, 0.5) is 0 Å². The Kier molecular flexibility index (Phi) is 5.76. The Hall–Kier alpha value is -0.870. The number of imidazole rings is 1. The maximum Gasteiger partial charge on any atom is 0.0945 e. The highest BCUT2D eigenvalue weighted by Crippen LogP contribution is 2.48. The Bertz CT molecular complexity index is 584. The minimum absolute atomic E-state index is 0.310. The van der Waals surface area contributed by atoms with E-state index in [4.69, 9.17) is 0 Å². The SMILES string of the molecule is CCc1ccc(CC2(CCn3ccnc3)SCC(C)CS2)cc1. The Balaban J connectivity index is 1.71. The molecule has 0 aliphatic carbocycles. The molecule has 23 heavy (non-hydrogen) atoms. The lowest BCUT2D eigenvalue weighted by Gasteiger charge is -2.38. The summed E-state index contributed by atoms with van der Waals surface area (Å²) in [4.78, 5) is 4.17. The molecule has 0 N–H and O–H groups in total. The minimum Gasteiger partial charge on any atom is -0.337 e. The fraction of sp³-hybridized carbons (Fsp3) is 0.526. The third-order valence-corrected chi connectivity index (χ3v) is 8.40. The van der Waals surface area contributed by atoms with Gasteiger partial charge in [-0.1, -0.05) is 38.1 Å². The van der Waals surface area contributed by atoms with E-state index in [0.29, 0.717) is 4.08 Å². The monoisotopic (exact) mass is 346 g/mol. The molecule has 2 aromatic rings. The molecule has 2 heterocycles.